The highest BCUT2D eigenvalue weighted by Gasteiger charge is 2.15. The summed E-state index contributed by atoms with van der Waals surface area (Å²) in [7, 11) is 0. The van der Waals surface area contributed by atoms with E-state index >= 15 is 0 Å². The van der Waals surface area contributed by atoms with Gasteiger partial charge in [-0.05, 0) is 19.1 Å². The first-order chi connectivity index (χ1) is 10.5. The third-order valence-corrected chi connectivity index (χ3v) is 3.01. The van der Waals surface area contributed by atoms with E-state index in [-0.39, 0.29) is 24.5 Å². The van der Waals surface area contributed by atoms with Gasteiger partial charge in [0.15, 0.2) is 11.7 Å². The lowest BCUT2D eigenvalue weighted by Gasteiger charge is -2.07. The molecule has 0 aliphatic carbocycles. The predicted octanol–water partition coefficient (Wildman–Crippen LogP) is 2.00. The number of benzene rings is 1. The molecule has 2 rings (SSSR count). The van der Waals surface area contributed by atoms with Gasteiger partial charge in [-0.25, -0.2) is 9.37 Å². The number of hydrogen-bond acceptors (Lipinski definition) is 4. The minimum atomic E-state index is -1.11. The van der Waals surface area contributed by atoms with Crippen LogP contribution >= 0.6 is 0 Å². The molecule has 116 valence electrons. The molecule has 0 aliphatic rings. The zero-order chi connectivity index (χ0) is 16.1. The van der Waals surface area contributed by atoms with Crippen LogP contribution in [-0.2, 0) is 16.0 Å². The number of aryl methyl sites for hydroxylation is 1. The molecule has 0 saturated carbocycles. The van der Waals surface area contributed by atoms with Crippen molar-refractivity contribution in [1.82, 2.24) is 10.3 Å². The van der Waals surface area contributed by atoms with E-state index in [1.54, 1.807) is 18.2 Å². The van der Waals surface area contributed by atoms with Gasteiger partial charge in [-0.15, -0.1) is 0 Å². The average molecular weight is 306 g/mol. The van der Waals surface area contributed by atoms with Crippen LogP contribution in [0.1, 0.15) is 19.2 Å². The molecule has 7 heteroatoms. The van der Waals surface area contributed by atoms with Crippen LogP contribution in [0.15, 0.2) is 34.9 Å². The van der Waals surface area contributed by atoms with Crippen molar-refractivity contribution in [2.24, 2.45) is 0 Å². The normalized spacial score (nSPS) is 11.9. The fraction of sp³-hybridized carbons (Fsp3) is 0.267. The van der Waals surface area contributed by atoms with Crippen LogP contribution < -0.4 is 5.32 Å². The lowest BCUT2D eigenvalue weighted by atomic mass is 10.2. The monoisotopic (exact) mass is 306 g/mol. The molecule has 22 heavy (non-hydrogen) atoms. The highest BCUT2D eigenvalue weighted by molar-refractivity contribution is 5.83. The van der Waals surface area contributed by atoms with Crippen molar-refractivity contribution in [2.75, 3.05) is 0 Å². The number of hydrogen-bond donors (Lipinski definition) is 2. The standard InChI is InChI=1S/C15H15FN2O4/c1-9(15(20)21)18-13(19)6-7-14-17-8-12(22-14)10-4-2-3-5-11(10)16/h2-5,8-9H,6-7H2,1H3,(H,18,19)(H,20,21). The molecule has 1 heterocycles. The first-order valence-electron chi connectivity index (χ1n) is 6.69. The summed E-state index contributed by atoms with van der Waals surface area (Å²) in [5, 5.41) is 11.0. The molecule has 0 radical (unpaired) electrons. The molecule has 1 aromatic heterocycles. The number of carboxylic acids is 1. The molecule has 1 unspecified atom stereocenters. The number of carboxylic acid groups (broad SMARTS) is 1. The van der Waals surface area contributed by atoms with Gasteiger partial charge in [0.05, 0.1) is 11.8 Å². The van der Waals surface area contributed by atoms with E-state index in [1.807, 2.05) is 0 Å². The number of halogens is 1. The molecule has 0 fully saturated rings. The molecule has 0 bridgehead atoms. The van der Waals surface area contributed by atoms with Gasteiger partial charge < -0.3 is 14.8 Å². The Morgan fingerprint density at radius 1 is 1.41 bits per heavy atom. The van der Waals surface area contributed by atoms with E-state index in [0.717, 1.165) is 0 Å². The molecule has 2 N–H and O–H groups in total. The fourth-order valence-corrected chi connectivity index (χ4v) is 1.81. The predicted molar refractivity (Wildman–Crippen MR) is 75.5 cm³/mol. The molecule has 0 saturated heterocycles. The summed E-state index contributed by atoms with van der Waals surface area (Å²) in [6.45, 7) is 1.38. The zero-order valence-corrected chi connectivity index (χ0v) is 11.9. The SMILES string of the molecule is CC(NC(=O)CCc1ncc(-c2ccccc2F)o1)C(=O)O. The van der Waals surface area contributed by atoms with Gasteiger partial charge in [0.1, 0.15) is 11.9 Å². The summed E-state index contributed by atoms with van der Waals surface area (Å²) in [6.07, 6.45) is 1.63. The number of nitrogens with zero attached hydrogens (tertiary/aromatic N) is 1. The Labute approximate surface area is 126 Å². The fourth-order valence-electron chi connectivity index (χ4n) is 1.81. The maximum Gasteiger partial charge on any atom is 0.325 e. The van der Waals surface area contributed by atoms with Crippen LogP contribution in [0.4, 0.5) is 4.39 Å². The Kier molecular flexibility index (Phi) is 4.88. The highest BCUT2D eigenvalue weighted by atomic mass is 19.1. The van der Waals surface area contributed by atoms with E-state index < -0.39 is 23.7 Å². The third-order valence-electron chi connectivity index (χ3n) is 3.01. The topological polar surface area (TPSA) is 92.4 Å². The smallest absolute Gasteiger partial charge is 0.325 e. The van der Waals surface area contributed by atoms with Gasteiger partial charge >= 0.3 is 5.97 Å². The van der Waals surface area contributed by atoms with Gasteiger partial charge in [-0.3, -0.25) is 9.59 Å². The molecule has 2 aromatic rings. The maximum absolute atomic E-state index is 13.6. The first kappa shape index (κ1) is 15.7. The summed E-state index contributed by atoms with van der Waals surface area (Å²) < 4.78 is 19.0. The molecule has 1 amide bonds. The number of rotatable bonds is 6. The van der Waals surface area contributed by atoms with E-state index in [9.17, 15) is 14.0 Å². The van der Waals surface area contributed by atoms with Crippen LogP contribution in [0.25, 0.3) is 11.3 Å². The molecular weight excluding hydrogens is 291 g/mol. The molecule has 1 atom stereocenters. The largest absolute Gasteiger partial charge is 0.480 e. The Balaban J connectivity index is 1.94. The molecule has 1 aromatic carbocycles. The second-order valence-corrected chi connectivity index (χ2v) is 4.73. The summed E-state index contributed by atoms with van der Waals surface area (Å²) in [5.41, 5.74) is 0.296. The number of oxazole rings is 1. The summed E-state index contributed by atoms with van der Waals surface area (Å²) in [6, 6.07) is 5.19. The number of aliphatic carboxylic acids is 1. The number of aromatic nitrogens is 1. The molecule has 6 nitrogen and oxygen atoms in total. The van der Waals surface area contributed by atoms with Crippen LogP contribution in [-0.4, -0.2) is 28.0 Å². The average Bonchev–Trinajstić information content (AvgIpc) is 2.94. The lowest BCUT2D eigenvalue weighted by Crippen LogP contribution is -2.38. The van der Waals surface area contributed by atoms with Gasteiger partial charge in [-0.2, -0.15) is 0 Å². The van der Waals surface area contributed by atoms with Gasteiger partial charge in [0.25, 0.3) is 0 Å². The number of nitrogens with one attached hydrogen (secondary N) is 1. The second-order valence-electron chi connectivity index (χ2n) is 4.73. The zero-order valence-electron chi connectivity index (χ0n) is 11.9. The van der Waals surface area contributed by atoms with Crippen molar-refractivity contribution in [1.29, 1.82) is 0 Å². The Morgan fingerprint density at radius 3 is 2.82 bits per heavy atom. The number of carbonyl (C=O) groups excluding carboxylic acids is 1. The third kappa shape index (κ3) is 3.91. The highest BCUT2D eigenvalue weighted by Crippen LogP contribution is 2.23. The van der Waals surface area contributed by atoms with Crippen LogP contribution in [0.2, 0.25) is 0 Å². The van der Waals surface area contributed by atoms with E-state index in [0.29, 0.717) is 5.56 Å². The Bertz CT molecular complexity index is 684. The van der Waals surface area contributed by atoms with Crippen molar-refractivity contribution in [2.45, 2.75) is 25.8 Å². The Hall–Kier alpha value is -2.70. The van der Waals surface area contributed by atoms with Crippen molar-refractivity contribution in [3.8, 4) is 11.3 Å². The minimum absolute atomic E-state index is 0.0366. The van der Waals surface area contributed by atoms with Crippen molar-refractivity contribution < 1.29 is 23.5 Å². The summed E-state index contributed by atoms with van der Waals surface area (Å²) in [4.78, 5) is 26.2. The van der Waals surface area contributed by atoms with E-state index in [1.165, 1.54) is 19.2 Å². The summed E-state index contributed by atoms with van der Waals surface area (Å²) in [5.74, 6) is -1.37. The number of carbonyl (C=O) groups is 2. The van der Waals surface area contributed by atoms with Crippen LogP contribution in [0, 0.1) is 5.82 Å². The minimum Gasteiger partial charge on any atom is -0.480 e. The van der Waals surface area contributed by atoms with Crippen molar-refractivity contribution in [3.63, 3.8) is 0 Å². The van der Waals surface area contributed by atoms with Crippen molar-refractivity contribution >= 4 is 11.9 Å². The summed E-state index contributed by atoms with van der Waals surface area (Å²) >= 11 is 0. The Morgan fingerprint density at radius 2 is 2.14 bits per heavy atom. The lowest BCUT2D eigenvalue weighted by molar-refractivity contribution is -0.141. The van der Waals surface area contributed by atoms with Gasteiger partial charge in [0.2, 0.25) is 5.91 Å². The van der Waals surface area contributed by atoms with Crippen molar-refractivity contribution in [3.05, 3.63) is 42.2 Å². The van der Waals surface area contributed by atoms with Crippen LogP contribution in [0.5, 0.6) is 0 Å². The quantitative estimate of drug-likeness (QED) is 0.851. The first-order valence-corrected chi connectivity index (χ1v) is 6.69. The second kappa shape index (κ2) is 6.84. The number of amides is 1. The molecule has 0 spiro atoms. The maximum atomic E-state index is 13.6. The molecular formula is C15H15FN2O4. The van der Waals surface area contributed by atoms with E-state index in [2.05, 4.69) is 10.3 Å². The molecule has 0 aliphatic heterocycles. The van der Waals surface area contributed by atoms with Gasteiger partial charge in [-0.1, -0.05) is 12.1 Å². The van der Waals surface area contributed by atoms with E-state index in [4.69, 9.17) is 9.52 Å². The van der Waals surface area contributed by atoms with Gasteiger partial charge in [0, 0.05) is 12.8 Å². The van der Waals surface area contributed by atoms with Crippen LogP contribution in [0.3, 0.4) is 0 Å².